The monoisotopic (exact) mass is 871 g/mol. The molecule has 11 heteroatoms. The van der Waals surface area contributed by atoms with Crippen molar-refractivity contribution >= 4 is 19.8 Å². The first-order valence-electron chi connectivity index (χ1n) is 22.5. The molecule has 0 radical (unpaired) electrons. The van der Waals surface area contributed by atoms with E-state index in [2.05, 4.69) is 128 Å². The molecule has 344 valence electrons. The Morgan fingerprint density at radius 2 is 0.934 bits per heavy atom. The zero-order valence-corrected chi connectivity index (χ0v) is 38.2. The highest BCUT2D eigenvalue weighted by molar-refractivity contribution is 7.47. The van der Waals surface area contributed by atoms with E-state index in [1.54, 1.807) is 0 Å². The number of allylic oxidation sites excluding steroid dienone is 20. The van der Waals surface area contributed by atoms with Gasteiger partial charge in [-0.05, 0) is 96.3 Å². The Kier molecular flexibility index (Phi) is 41.8. The number of rotatable bonds is 40. The number of carbonyl (C=O) groups excluding carboxylic acids is 2. The van der Waals surface area contributed by atoms with E-state index >= 15 is 0 Å². The number of phosphoric ester groups is 1. The molecule has 0 aliphatic heterocycles. The van der Waals surface area contributed by atoms with Crippen molar-refractivity contribution in [2.45, 2.75) is 154 Å². The van der Waals surface area contributed by atoms with Gasteiger partial charge in [-0.3, -0.25) is 18.6 Å². The van der Waals surface area contributed by atoms with E-state index in [1.807, 2.05) is 12.2 Å². The van der Waals surface area contributed by atoms with Crippen molar-refractivity contribution < 1.29 is 47.8 Å². The van der Waals surface area contributed by atoms with Gasteiger partial charge in [-0.2, -0.15) is 0 Å². The van der Waals surface area contributed by atoms with Crippen LogP contribution < -0.4 is 0 Å². The molecule has 0 saturated heterocycles. The number of hydrogen-bond donors (Lipinski definition) is 3. The molecule has 0 aliphatic rings. The van der Waals surface area contributed by atoms with E-state index in [4.69, 9.17) is 19.1 Å². The molecular weight excluding hydrogens is 792 g/mol. The van der Waals surface area contributed by atoms with Crippen molar-refractivity contribution in [3.05, 3.63) is 122 Å². The van der Waals surface area contributed by atoms with E-state index in [0.29, 0.717) is 12.8 Å². The molecule has 0 heterocycles. The van der Waals surface area contributed by atoms with Gasteiger partial charge in [0.05, 0.1) is 19.8 Å². The van der Waals surface area contributed by atoms with Gasteiger partial charge in [-0.25, -0.2) is 4.57 Å². The van der Waals surface area contributed by atoms with Crippen molar-refractivity contribution in [1.82, 2.24) is 0 Å². The average molecular weight is 871 g/mol. The molecule has 0 saturated carbocycles. The zero-order chi connectivity index (χ0) is 44.8. The lowest BCUT2D eigenvalue weighted by Crippen LogP contribution is -2.29. The van der Waals surface area contributed by atoms with Gasteiger partial charge in [0.1, 0.15) is 12.7 Å². The number of carbonyl (C=O) groups is 2. The lowest BCUT2D eigenvalue weighted by molar-refractivity contribution is -0.161. The van der Waals surface area contributed by atoms with Crippen molar-refractivity contribution in [3.8, 4) is 0 Å². The van der Waals surface area contributed by atoms with Gasteiger partial charge in [0.25, 0.3) is 0 Å². The number of ether oxygens (including phenoxy) is 2. The summed E-state index contributed by atoms with van der Waals surface area (Å²) in [7, 11) is -4.66. The average Bonchev–Trinajstić information content (AvgIpc) is 3.25. The van der Waals surface area contributed by atoms with Crippen LogP contribution in [0.1, 0.15) is 142 Å². The molecule has 0 aromatic rings. The standard InChI is InChI=1S/C50H79O10P/c1-3-5-7-9-11-13-15-17-19-21-23-25-27-29-31-33-35-37-39-41-49(53)57-45-48(46-59-61(55,56)58-44-47(52)43-51)60-50(54)42-40-38-36-34-32-30-28-26-24-22-20-18-16-14-12-10-8-6-4-2/h5,7,11-14,17-20,23-26,29-32,36,38,47-48,51-52H,3-4,6,8-10,15-16,21-22,27-28,33-35,37,39-46H2,1-2H3,(H,55,56)/b7-5-,13-11-,14-12-,19-17-,20-18-,25-23-,26-24-,31-29-,32-30-,38-36-/t47-,48+/m0/s1. The van der Waals surface area contributed by atoms with E-state index in [9.17, 15) is 24.2 Å². The van der Waals surface area contributed by atoms with E-state index in [-0.39, 0.29) is 19.4 Å². The number of esters is 2. The van der Waals surface area contributed by atoms with Gasteiger partial charge in [0, 0.05) is 12.8 Å². The highest BCUT2D eigenvalue weighted by atomic mass is 31.2. The number of aliphatic hydroxyl groups excluding tert-OH is 2. The molecule has 0 aromatic carbocycles. The van der Waals surface area contributed by atoms with Crippen molar-refractivity contribution in [1.29, 1.82) is 0 Å². The predicted molar refractivity (Wildman–Crippen MR) is 251 cm³/mol. The maximum atomic E-state index is 12.6. The third-order valence-electron chi connectivity index (χ3n) is 8.61. The maximum Gasteiger partial charge on any atom is 0.472 e. The number of aliphatic hydroxyl groups is 2. The number of phosphoric acid groups is 1. The summed E-state index contributed by atoms with van der Waals surface area (Å²) in [6.07, 6.45) is 57.5. The van der Waals surface area contributed by atoms with E-state index in [1.165, 1.54) is 19.3 Å². The Morgan fingerprint density at radius 1 is 0.508 bits per heavy atom. The summed E-state index contributed by atoms with van der Waals surface area (Å²) in [5, 5.41) is 18.3. The molecular formula is C50H79O10P. The summed E-state index contributed by atoms with van der Waals surface area (Å²) in [5.41, 5.74) is 0. The normalized spacial score (nSPS) is 14.9. The summed E-state index contributed by atoms with van der Waals surface area (Å²) < 4.78 is 32.6. The van der Waals surface area contributed by atoms with Crippen LogP contribution in [0, 0.1) is 0 Å². The fraction of sp³-hybridized carbons (Fsp3) is 0.560. The zero-order valence-electron chi connectivity index (χ0n) is 37.3. The van der Waals surface area contributed by atoms with E-state index < -0.39 is 51.8 Å². The molecule has 0 spiro atoms. The maximum absolute atomic E-state index is 12.6. The van der Waals surface area contributed by atoms with Crippen LogP contribution in [0.25, 0.3) is 0 Å². The fourth-order valence-corrected chi connectivity index (χ4v) is 5.97. The van der Waals surface area contributed by atoms with Crippen LogP contribution in [0.5, 0.6) is 0 Å². The van der Waals surface area contributed by atoms with Crippen molar-refractivity contribution in [3.63, 3.8) is 0 Å². The summed E-state index contributed by atoms with van der Waals surface area (Å²) >= 11 is 0. The molecule has 0 bridgehead atoms. The lowest BCUT2D eigenvalue weighted by Gasteiger charge is -2.20. The van der Waals surface area contributed by atoms with Gasteiger partial charge in [-0.15, -0.1) is 0 Å². The Labute approximate surface area is 368 Å². The SMILES string of the molecule is CC/C=C\C/C=C\C/C=C\C/C=C\C/C=C\CCCCCC(=O)OC[C@H](COP(=O)(O)OC[C@@H](O)CO)OC(=O)CC/C=C\C/C=C\C/C=C\C/C=C\C/C=C\CCCCC. The Morgan fingerprint density at radius 3 is 1.39 bits per heavy atom. The van der Waals surface area contributed by atoms with Crippen LogP contribution in [0.4, 0.5) is 0 Å². The first kappa shape index (κ1) is 57.4. The summed E-state index contributed by atoms with van der Waals surface area (Å²) in [4.78, 5) is 35.0. The molecule has 3 atom stereocenters. The largest absolute Gasteiger partial charge is 0.472 e. The first-order chi connectivity index (χ1) is 29.7. The van der Waals surface area contributed by atoms with Crippen molar-refractivity contribution in [2.24, 2.45) is 0 Å². The molecule has 0 aromatic heterocycles. The summed E-state index contributed by atoms with van der Waals surface area (Å²) in [6.45, 7) is 2.09. The Bertz CT molecular complexity index is 1420. The third-order valence-corrected chi connectivity index (χ3v) is 9.56. The summed E-state index contributed by atoms with van der Waals surface area (Å²) in [6, 6.07) is 0. The third kappa shape index (κ3) is 44.2. The molecule has 0 amide bonds. The van der Waals surface area contributed by atoms with E-state index in [0.717, 1.165) is 83.5 Å². The van der Waals surface area contributed by atoms with Gasteiger partial charge >= 0.3 is 19.8 Å². The highest BCUT2D eigenvalue weighted by Gasteiger charge is 2.27. The Balaban J connectivity index is 4.49. The van der Waals surface area contributed by atoms with Gasteiger partial charge in [0.2, 0.25) is 0 Å². The topological polar surface area (TPSA) is 149 Å². The first-order valence-corrected chi connectivity index (χ1v) is 24.0. The molecule has 61 heavy (non-hydrogen) atoms. The van der Waals surface area contributed by atoms with Crippen LogP contribution in [0.2, 0.25) is 0 Å². The second kappa shape index (κ2) is 44.4. The van der Waals surface area contributed by atoms with Crippen LogP contribution in [0.3, 0.4) is 0 Å². The van der Waals surface area contributed by atoms with Crippen LogP contribution in [-0.4, -0.2) is 65.7 Å². The fourth-order valence-electron chi connectivity index (χ4n) is 5.18. The minimum atomic E-state index is -4.66. The predicted octanol–water partition coefficient (Wildman–Crippen LogP) is 12.3. The molecule has 3 N–H and O–H groups in total. The number of hydrogen-bond acceptors (Lipinski definition) is 9. The second-order valence-electron chi connectivity index (χ2n) is 14.3. The smallest absolute Gasteiger partial charge is 0.462 e. The molecule has 0 aliphatic carbocycles. The summed E-state index contributed by atoms with van der Waals surface area (Å²) in [5.74, 6) is -1.07. The molecule has 1 unspecified atom stereocenters. The lowest BCUT2D eigenvalue weighted by atomic mass is 10.1. The van der Waals surface area contributed by atoms with Crippen LogP contribution in [0.15, 0.2) is 122 Å². The minimum Gasteiger partial charge on any atom is -0.462 e. The van der Waals surface area contributed by atoms with Crippen LogP contribution in [-0.2, 0) is 32.7 Å². The van der Waals surface area contributed by atoms with Gasteiger partial charge in [-0.1, -0.05) is 155 Å². The molecule has 0 rings (SSSR count). The molecule has 0 fully saturated rings. The number of unbranched alkanes of at least 4 members (excludes halogenated alkanes) is 6. The minimum absolute atomic E-state index is 0.0451. The second-order valence-corrected chi connectivity index (χ2v) is 15.8. The molecule has 10 nitrogen and oxygen atoms in total. The Hall–Kier alpha value is -3.63. The van der Waals surface area contributed by atoms with Crippen molar-refractivity contribution in [2.75, 3.05) is 26.4 Å². The van der Waals surface area contributed by atoms with Gasteiger partial charge < -0.3 is 24.6 Å². The highest BCUT2D eigenvalue weighted by Crippen LogP contribution is 2.43. The van der Waals surface area contributed by atoms with Crippen LogP contribution >= 0.6 is 7.82 Å². The quantitative estimate of drug-likeness (QED) is 0.0235. The van der Waals surface area contributed by atoms with Gasteiger partial charge in [0.15, 0.2) is 6.10 Å².